The number of fused-ring (bicyclic) bond motifs is 5. The van der Waals surface area contributed by atoms with Crippen LogP contribution in [0.3, 0.4) is 0 Å². The van der Waals surface area contributed by atoms with Crippen LogP contribution in [-0.4, -0.2) is 56.2 Å². The molecule has 3 rings (SSSR count). The van der Waals surface area contributed by atoms with Crippen LogP contribution in [0.1, 0.15) is 0 Å². The van der Waals surface area contributed by atoms with Crippen molar-refractivity contribution in [3.05, 3.63) is 0 Å². The van der Waals surface area contributed by atoms with Gasteiger partial charge < -0.3 is 9.84 Å². The first-order valence-corrected chi connectivity index (χ1v) is 7.27. The minimum absolute atomic E-state index is 0.0368. The molecule has 3 aliphatic rings. The van der Waals surface area contributed by atoms with E-state index < -0.39 is 36.2 Å². The Kier molecular flexibility index (Phi) is 2.80. The quantitative estimate of drug-likeness (QED) is 0.536. The van der Waals surface area contributed by atoms with Gasteiger partial charge in [-0.1, -0.05) is 31.9 Å². The Labute approximate surface area is 119 Å². The zero-order chi connectivity index (χ0) is 13.2. The van der Waals surface area contributed by atoms with Gasteiger partial charge in [0.2, 0.25) is 11.8 Å². The summed E-state index contributed by atoms with van der Waals surface area (Å²) in [7, 11) is 0. The molecule has 2 amide bonds. The summed E-state index contributed by atoms with van der Waals surface area (Å²) in [5.74, 6) is -3.12. The van der Waals surface area contributed by atoms with E-state index in [9.17, 15) is 14.4 Å². The minimum atomic E-state index is -1.18. The molecule has 0 aromatic carbocycles. The lowest BCUT2D eigenvalue weighted by molar-refractivity contribution is -0.151. The van der Waals surface area contributed by atoms with E-state index in [1.165, 1.54) is 0 Å². The number of rotatable bonds is 2. The van der Waals surface area contributed by atoms with Crippen LogP contribution in [0.4, 0.5) is 0 Å². The van der Waals surface area contributed by atoms with Crippen LogP contribution >= 0.6 is 31.9 Å². The van der Waals surface area contributed by atoms with Crippen molar-refractivity contribution >= 4 is 49.6 Å². The van der Waals surface area contributed by atoms with Gasteiger partial charge in [0.1, 0.15) is 6.54 Å². The predicted octanol–water partition coefficient (Wildman–Crippen LogP) is -0.0198. The summed E-state index contributed by atoms with van der Waals surface area (Å²) in [6, 6.07) is 0. The van der Waals surface area contributed by atoms with Crippen LogP contribution in [0, 0.1) is 11.8 Å². The maximum absolute atomic E-state index is 12.1. The Hall–Kier alpha value is -0.470. The smallest absolute Gasteiger partial charge is 0.323 e. The number of carbonyl (C=O) groups is 3. The number of amides is 2. The fraction of sp³-hybridized carbons (Fsp3) is 0.700. The van der Waals surface area contributed by atoms with Gasteiger partial charge in [-0.25, -0.2) is 0 Å². The molecule has 0 spiro atoms. The lowest BCUT2D eigenvalue weighted by Gasteiger charge is -2.24. The first kappa shape index (κ1) is 12.6. The first-order chi connectivity index (χ1) is 8.43. The first-order valence-electron chi connectivity index (χ1n) is 5.44. The number of carboxylic acid groups (broad SMARTS) is 1. The largest absolute Gasteiger partial charge is 0.480 e. The van der Waals surface area contributed by atoms with Gasteiger partial charge in [0.05, 0.1) is 33.7 Å². The average Bonchev–Trinajstić information content (AvgIpc) is 2.88. The minimum Gasteiger partial charge on any atom is -0.480 e. The van der Waals surface area contributed by atoms with Crippen LogP contribution in [0.5, 0.6) is 0 Å². The molecular weight excluding hydrogens is 374 g/mol. The molecule has 0 saturated carbocycles. The lowest BCUT2D eigenvalue weighted by Crippen LogP contribution is -2.42. The van der Waals surface area contributed by atoms with Gasteiger partial charge in [-0.2, -0.15) is 0 Å². The number of carbonyl (C=O) groups excluding carboxylic acids is 2. The van der Waals surface area contributed by atoms with E-state index in [1.807, 2.05) is 0 Å². The number of hydrogen-bond donors (Lipinski definition) is 1. The predicted molar refractivity (Wildman–Crippen MR) is 65.4 cm³/mol. The number of halogens is 2. The average molecular weight is 383 g/mol. The summed E-state index contributed by atoms with van der Waals surface area (Å²) in [6.45, 7) is -0.565. The third-order valence-electron chi connectivity index (χ3n) is 3.74. The molecular formula is C10H9Br2NO5. The number of imide groups is 1. The van der Waals surface area contributed by atoms with Gasteiger partial charge in [-0.05, 0) is 0 Å². The van der Waals surface area contributed by atoms with E-state index in [2.05, 4.69) is 31.9 Å². The zero-order valence-corrected chi connectivity index (χ0v) is 12.1. The van der Waals surface area contributed by atoms with Crippen molar-refractivity contribution in [2.24, 2.45) is 11.8 Å². The maximum Gasteiger partial charge on any atom is 0.323 e. The van der Waals surface area contributed by atoms with E-state index in [-0.39, 0.29) is 21.9 Å². The summed E-state index contributed by atoms with van der Waals surface area (Å²) in [5, 5.41) is 8.73. The molecule has 0 aromatic rings. The second kappa shape index (κ2) is 4.01. The molecule has 6 atom stereocenters. The molecule has 98 valence electrons. The molecule has 3 aliphatic heterocycles. The maximum atomic E-state index is 12.1. The van der Waals surface area contributed by atoms with Crippen LogP contribution in [0.2, 0.25) is 0 Å². The standard InChI is InChI=1S/C10H9Br2NO5/c11-5-6(12)8-4-3(7(5)18-8)9(16)13(10(4)17)1-2(14)15/h3-8H,1H2,(H,14,15)/t3-,4+,5-,6-,7-,8-/m1/s1. The van der Waals surface area contributed by atoms with E-state index in [4.69, 9.17) is 9.84 Å². The monoisotopic (exact) mass is 381 g/mol. The Bertz CT molecular complexity index is 424. The second-order valence-corrected chi connectivity index (χ2v) is 6.78. The number of hydrogen-bond acceptors (Lipinski definition) is 4. The van der Waals surface area contributed by atoms with Gasteiger partial charge in [-0.15, -0.1) is 0 Å². The number of aliphatic carboxylic acids is 1. The molecule has 0 radical (unpaired) electrons. The summed E-state index contributed by atoms with van der Waals surface area (Å²) in [6.07, 6.45) is -0.723. The zero-order valence-electron chi connectivity index (χ0n) is 8.95. The van der Waals surface area contributed by atoms with Gasteiger partial charge in [0.25, 0.3) is 0 Å². The van der Waals surface area contributed by atoms with Crippen molar-refractivity contribution in [2.45, 2.75) is 21.9 Å². The Morgan fingerprint density at radius 3 is 2.00 bits per heavy atom. The van der Waals surface area contributed by atoms with Gasteiger partial charge in [-0.3, -0.25) is 19.3 Å². The fourth-order valence-corrected chi connectivity index (χ4v) is 4.52. The Morgan fingerprint density at radius 1 is 1.17 bits per heavy atom. The molecule has 0 unspecified atom stereocenters. The molecule has 8 heteroatoms. The van der Waals surface area contributed by atoms with Crippen molar-refractivity contribution in [3.63, 3.8) is 0 Å². The van der Waals surface area contributed by atoms with Crippen molar-refractivity contribution in [2.75, 3.05) is 6.54 Å². The van der Waals surface area contributed by atoms with E-state index >= 15 is 0 Å². The summed E-state index contributed by atoms with van der Waals surface area (Å²) in [4.78, 5) is 35.6. The van der Waals surface area contributed by atoms with Crippen LogP contribution < -0.4 is 0 Å². The molecule has 0 aromatic heterocycles. The highest BCUT2D eigenvalue weighted by Crippen LogP contribution is 2.52. The van der Waals surface area contributed by atoms with Crippen LogP contribution in [0.25, 0.3) is 0 Å². The molecule has 3 heterocycles. The molecule has 0 aliphatic carbocycles. The molecule has 6 nitrogen and oxygen atoms in total. The van der Waals surface area contributed by atoms with E-state index in [0.717, 1.165) is 4.90 Å². The van der Waals surface area contributed by atoms with Crippen molar-refractivity contribution < 1.29 is 24.2 Å². The van der Waals surface area contributed by atoms with E-state index in [1.54, 1.807) is 0 Å². The number of nitrogens with zero attached hydrogens (tertiary/aromatic N) is 1. The van der Waals surface area contributed by atoms with Gasteiger partial charge in [0.15, 0.2) is 0 Å². The molecule has 3 saturated heterocycles. The molecule has 18 heavy (non-hydrogen) atoms. The molecule has 1 N–H and O–H groups in total. The number of likely N-dealkylation sites (tertiary alicyclic amines) is 1. The van der Waals surface area contributed by atoms with Crippen molar-refractivity contribution in [1.82, 2.24) is 4.90 Å². The normalized spacial score (nSPS) is 45.8. The van der Waals surface area contributed by atoms with Crippen LogP contribution in [-0.2, 0) is 19.1 Å². The summed E-state index contributed by atoms with van der Waals surface area (Å²) in [5.41, 5.74) is 0. The number of alkyl halides is 2. The van der Waals surface area contributed by atoms with E-state index in [0.29, 0.717) is 0 Å². The summed E-state index contributed by atoms with van der Waals surface area (Å²) < 4.78 is 5.65. The topological polar surface area (TPSA) is 83.9 Å². The summed E-state index contributed by atoms with van der Waals surface area (Å²) >= 11 is 6.89. The molecule has 2 bridgehead atoms. The SMILES string of the molecule is O=C(O)CN1C(=O)[C@@H]2[C@H]3O[C@@H]([C@H](Br)[C@H]3Br)[C@@H]2C1=O. The fourth-order valence-electron chi connectivity index (χ4n) is 3.02. The third kappa shape index (κ3) is 1.45. The second-order valence-electron chi connectivity index (χ2n) is 4.66. The highest BCUT2D eigenvalue weighted by atomic mass is 79.9. The lowest BCUT2D eigenvalue weighted by atomic mass is 9.81. The van der Waals surface area contributed by atoms with Crippen LogP contribution in [0.15, 0.2) is 0 Å². The van der Waals surface area contributed by atoms with Crippen molar-refractivity contribution in [3.8, 4) is 0 Å². The Morgan fingerprint density at radius 2 is 1.61 bits per heavy atom. The Balaban J connectivity index is 1.92. The number of carboxylic acids is 1. The highest BCUT2D eigenvalue weighted by molar-refractivity contribution is 9.12. The molecule has 3 fully saturated rings. The third-order valence-corrected chi connectivity index (χ3v) is 6.63. The highest BCUT2D eigenvalue weighted by Gasteiger charge is 2.68. The number of ether oxygens (including phenoxy) is 1. The van der Waals surface area contributed by atoms with Crippen molar-refractivity contribution in [1.29, 1.82) is 0 Å². The van der Waals surface area contributed by atoms with Gasteiger partial charge in [0, 0.05) is 0 Å². The van der Waals surface area contributed by atoms with Gasteiger partial charge >= 0.3 is 5.97 Å².